The van der Waals surface area contributed by atoms with Gasteiger partial charge in [0, 0.05) is 21.7 Å². The van der Waals surface area contributed by atoms with Crippen LogP contribution in [0.5, 0.6) is 0 Å². The molecule has 0 aliphatic rings. The van der Waals surface area contributed by atoms with Crippen molar-refractivity contribution in [2.24, 2.45) is 0 Å². The summed E-state index contributed by atoms with van der Waals surface area (Å²) in [5.41, 5.74) is 3.14. The fourth-order valence-electron chi connectivity index (χ4n) is 2.55. The second-order valence-electron chi connectivity index (χ2n) is 6.58. The SMILES string of the molecule is Cc1ccc(C(=O)CSc2nc(C(C)C)nc3sc(C)c(C)c23)cc1. The lowest BCUT2D eigenvalue weighted by atomic mass is 10.1. The van der Waals surface area contributed by atoms with Crippen LogP contribution in [0.2, 0.25) is 0 Å². The minimum absolute atomic E-state index is 0.132. The van der Waals surface area contributed by atoms with Gasteiger partial charge < -0.3 is 0 Å². The van der Waals surface area contributed by atoms with E-state index in [1.54, 1.807) is 11.3 Å². The molecule has 0 atom stereocenters. The molecule has 0 saturated carbocycles. The van der Waals surface area contributed by atoms with E-state index in [0.29, 0.717) is 5.75 Å². The van der Waals surface area contributed by atoms with E-state index in [4.69, 9.17) is 9.97 Å². The highest BCUT2D eigenvalue weighted by atomic mass is 32.2. The van der Waals surface area contributed by atoms with Gasteiger partial charge in [-0.1, -0.05) is 55.4 Å². The fraction of sp³-hybridized carbons (Fsp3) is 0.350. The van der Waals surface area contributed by atoms with Gasteiger partial charge in [-0.05, 0) is 26.3 Å². The molecule has 1 aromatic carbocycles. The van der Waals surface area contributed by atoms with Crippen molar-refractivity contribution in [3.8, 4) is 0 Å². The third-order valence-electron chi connectivity index (χ3n) is 4.24. The van der Waals surface area contributed by atoms with Crippen molar-refractivity contribution in [2.75, 3.05) is 5.75 Å². The molecule has 0 amide bonds. The number of nitrogens with zero attached hydrogens (tertiary/aromatic N) is 2. The second-order valence-corrected chi connectivity index (χ2v) is 8.75. The van der Waals surface area contributed by atoms with Crippen molar-refractivity contribution >= 4 is 39.1 Å². The zero-order valence-electron chi connectivity index (χ0n) is 15.2. The van der Waals surface area contributed by atoms with E-state index in [2.05, 4.69) is 27.7 Å². The predicted molar refractivity (Wildman–Crippen MR) is 107 cm³/mol. The Hall–Kier alpha value is -1.72. The molecular weight excluding hydrogens is 348 g/mol. The van der Waals surface area contributed by atoms with Crippen LogP contribution in [0.3, 0.4) is 0 Å². The number of ketones is 1. The van der Waals surface area contributed by atoms with Gasteiger partial charge in [0.1, 0.15) is 15.7 Å². The number of carbonyl (C=O) groups excluding carboxylic acids is 1. The molecule has 0 fully saturated rings. The van der Waals surface area contributed by atoms with E-state index in [0.717, 1.165) is 32.2 Å². The number of thiophene rings is 1. The van der Waals surface area contributed by atoms with E-state index in [9.17, 15) is 4.79 Å². The first-order chi connectivity index (χ1) is 11.9. The lowest BCUT2D eigenvalue weighted by Crippen LogP contribution is -2.04. The summed E-state index contributed by atoms with van der Waals surface area (Å²) in [4.78, 5) is 24.3. The van der Waals surface area contributed by atoms with Gasteiger partial charge in [-0.3, -0.25) is 4.79 Å². The van der Waals surface area contributed by atoms with Crippen LogP contribution in [-0.2, 0) is 0 Å². The molecule has 0 bridgehead atoms. The standard InChI is InChI=1S/C20H22N2OS2/c1-11(2)18-21-19(17-13(4)14(5)25-20(17)22-18)24-10-16(23)15-8-6-12(3)7-9-15/h6-9,11H,10H2,1-5H3. The molecule has 3 aromatic rings. The molecule has 5 heteroatoms. The highest BCUT2D eigenvalue weighted by Crippen LogP contribution is 2.36. The molecule has 3 nitrogen and oxygen atoms in total. The lowest BCUT2D eigenvalue weighted by molar-refractivity contribution is 0.102. The van der Waals surface area contributed by atoms with E-state index in [1.165, 1.54) is 22.2 Å². The number of thioether (sulfide) groups is 1. The van der Waals surface area contributed by atoms with Crippen molar-refractivity contribution in [3.05, 3.63) is 51.7 Å². The number of carbonyl (C=O) groups is 1. The highest BCUT2D eigenvalue weighted by molar-refractivity contribution is 8.00. The predicted octanol–water partition coefficient (Wildman–Crippen LogP) is 5.71. The van der Waals surface area contributed by atoms with Crippen LogP contribution >= 0.6 is 23.1 Å². The number of fused-ring (bicyclic) bond motifs is 1. The van der Waals surface area contributed by atoms with E-state index in [-0.39, 0.29) is 11.7 Å². The summed E-state index contributed by atoms with van der Waals surface area (Å²) in [5.74, 6) is 1.63. The molecule has 130 valence electrons. The molecule has 0 unspecified atom stereocenters. The fourth-order valence-corrected chi connectivity index (χ4v) is 4.64. The Bertz CT molecular complexity index is 927. The van der Waals surface area contributed by atoms with Gasteiger partial charge in [-0.25, -0.2) is 9.97 Å². The van der Waals surface area contributed by atoms with Crippen LogP contribution in [-0.4, -0.2) is 21.5 Å². The minimum Gasteiger partial charge on any atom is -0.293 e. The summed E-state index contributed by atoms with van der Waals surface area (Å²) in [5, 5.41) is 2.03. The quantitative estimate of drug-likeness (QED) is 0.327. The highest BCUT2D eigenvalue weighted by Gasteiger charge is 2.17. The van der Waals surface area contributed by atoms with Crippen LogP contribution in [0.15, 0.2) is 29.3 Å². The van der Waals surface area contributed by atoms with Crippen LogP contribution in [0, 0.1) is 20.8 Å². The maximum atomic E-state index is 12.5. The summed E-state index contributed by atoms with van der Waals surface area (Å²) in [6.07, 6.45) is 0. The van der Waals surface area contributed by atoms with Gasteiger partial charge in [-0.2, -0.15) is 0 Å². The van der Waals surface area contributed by atoms with E-state index < -0.39 is 0 Å². The molecule has 0 aliphatic heterocycles. The van der Waals surface area contributed by atoms with E-state index >= 15 is 0 Å². The van der Waals surface area contributed by atoms with Crippen molar-refractivity contribution in [1.29, 1.82) is 0 Å². The molecule has 25 heavy (non-hydrogen) atoms. The van der Waals surface area contributed by atoms with Gasteiger partial charge in [0.15, 0.2) is 5.78 Å². The maximum Gasteiger partial charge on any atom is 0.173 e. The summed E-state index contributed by atoms with van der Waals surface area (Å²) in [7, 11) is 0. The normalized spacial score (nSPS) is 11.4. The average molecular weight is 371 g/mol. The number of aryl methyl sites for hydroxylation is 3. The smallest absolute Gasteiger partial charge is 0.173 e. The Morgan fingerprint density at radius 3 is 2.44 bits per heavy atom. The summed E-state index contributed by atoms with van der Waals surface area (Å²) in [6, 6.07) is 7.74. The number of hydrogen-bond donors (Lipinski definition) is 0. The Balaban J connectivity index is 1.92. The Morgan fingerprint density at radius 1 is 1.12 bits per heavy atom. The number of aromatic nitrogens is 2. The summed E-state index contributed by atoms with van der Waals surface area (Å²) in [6.45, 7) is 10.4. The van der Waals surface area contributed by atoms with Gasteiger partial charge in [-0.15, -0.1) is 11.3 Å². The maximum absolute atomic E-state index is 12.5. The lowest BCUT2D eigenvalue weighted by Gasteiger charge is -2.09. The monoisotopic (exact) mass is 370 g/mol. The molecule has 0 aliphatic carbocycles. The average Bonchev–Trinajstić information content (AvgIpc) is 2.87. The Morgan fingerprint density at radius 2 is 1.80 bits per heavy atom. The zero-order chi connectivity index (χ0) is 18.1. The molecule has 0 spiro atoms. The number of benzene rings is 1. The van der Waals surface area contributed by atoms with Crippen molar-refractivity contribution in [3.63, 3.8) is 0 Å². The number of rotatable bonds is 5. The van der Waals surface area contributed by atoms with Crippen LogP contribution < -0.4 is 0 Å². The van der Waals surface area contributed by atoms with Crippen molar-refractivity contribution < 1.29 is 4.79 Å². The molecular formula is C20H22N2OS2. The van der Waals surface area contributed by atoms with Crippen LogP contribution in [0.1, 0.15) is 52.0 Å². The van der Waals surface area contributed by atoms with Gasteiger partial charge in [0.2, 0.25) is 0 Å². The topological polar surface area (TPSA) is 42.9 Å². The summed E-state index contributed by atoms with van der Waals surface area (Å²) >= 11 is 3.23. The van der Waals surface area contributed by atoms with Gasteiger partial charge in [0.05, 0.1) is 5.75 Å². The van der Waals surface area contributed by atoms with Crippen LogP contribution in [0.4, 0.5) is 0 Å². The molecule has 2 heterocycles. The van der Waals surface area contributed by atoms with Crippen LogP contribution in [0.25, 0.3) is 10.2 Å². The first kappa shape index (κ1) is 18.1. The molecule has 0 N–H and O–H groups in total. The van der Waals surface area contributed by atoms with Gasteiger partial charge in [0.25, 0.3) is 0 Å². The third kappa shape index (κ3) is 3.77. The van der Waals surface area contributed by atoms with Gasteiger partial charge >= 0.3 is 0 Å². The zero-order valence-corrected chi connectivity index (χ0v) is 16.8. The number of Topliss-reactive ketones (excluding diaryl/α,β-unsaturated/α-hetero) is 1. The Labute approximate surface area is 156 Å². The molecule has 0 saturated heterocycles. The molecule has 3 rings (SSSR count). The summed E-state index contributed by atoms with van der Waals surface area (Å²) < 4.78 is 0. The van der Waals surface area contributed by atoms with E-state index in [1.807, 2.05) is 31.2 Å². The van der Waals surface area contributed by atoms with Crippen molar-refractivity contribution in [1.82, 2.24) is 9.97 Å². The first-order valence-corrected chi connectivity index (χ1v) is 10.2. The Kier molecular flexibility index (Phi) is 5.25. The molecule has 2 aromatic heterocycles. The van der Waals surface area contributed by atoms with Crippen molar-refractivity contribution in [2.45, 2.75) is 45.6 Å². The minimum atomic E-state index is 0.132. The third-order valence-corrected chi connectivity index (χ3v) is 6.32. The first-order valence-electron chi connectivity index (χ1n) is 8.37. The largest absolute Gasteiger partial charge is 0.293 e. The number of hydrogen-bond acceptors (Lipinski definition) is 5. The second kappa shape index (κ2) is 7.26. The molecule has 0 radical (unpaired) electrons.